The molecule has 2 aromatic rings. The van der Waals surface area contributed by atoms with Gasteiger partial charge in [-0.3, -0.25) is 4.79 Å². The third kappa shape index (κ3) is 3.10. The molecule has 2 aromatic carbocycles. The first-order valence-electron chi connectivity index (χ1n) is 9.52. The quantitative estimate of drug-likeness (QED) is 0.561. The molecule has 0 spiro atoms. The highest BCUT2D eigenvalue weighted by Gasteiger charge is 2.46. The van der Waals surface area contributed by atoms with Crippen molar-refractivity contribution in [2.75, 3.05) is 20.2 Å². The third-order valence-corrected chi connectivity index (χ3v) is 5.09. The summed E-state index contributed by atoms with van der Waals surface area (Å²) in [5, 5.41) is 0. The molecule has 0 unspecified atom stereocenters. The van der Waals surface area contributed by atoms with Crippen molar-refractivity contribution < 1.29 is 38.0 Å². The second kappa shape index (κ2) is 7.29. The fourth-order valence-electron chi connectivity index (χ4n) is 3.71. The topological polar surface area (TPSA) is 89.5 Å². The van der Waals surface area contributed by atoms with E-state index in [1.165, 1.54) is 0 Å². The van der Waals surface area contributed by atoms with Gasteiger partial charge in [0.25, 0.3) is 0 Å². The van der Waals surface area contributed by atoms with Crippen molar-refractivity contribution in [3.63, 3.8) is 0 Å². The number of hydrogen-bond donors (Lipinski definition) is 0. The van der Waals surface area contributed by atoms with Crippen molar-refractivity contribution in [2.45, 2.75) is 13.0 Å². The third-order valence-electron chi connectivity index (χ3n) is 5.09. The Bertz CT molecular complexity index is 1060. The van der Waals surface area contributed by atoms with E-state index in [2.05, 4.69) is 0 Å². The Morgan fingerprint density at radius 1 is 1.00 bits per heavy atom. The van der Waals surface area contributed by atoms with Crippen LogP contribution in [0, 0.1) is 5.92 Å². The summed E-state index contributed by atoms with van der Waals surface area (Å²) in [7, 11) is 0. The molecule has 0 radical (unpaired) electrons. The smallest absolute Gasteiger partial charge is 0.335 e. The molecule has 3 aliphatic heterocycles. The number of hydrogen-bond acceptors (Lipinski definition) is 8. The summed E-state index contributed by atoms with van der Waals surface area (Å²) in [6.45, 7) is 2.18. The molecule has 154 valence electrons. The SMILES string of the molecule is CCOC(=O)[C@H]1/C(=C\c2ccc3c(c2)OCO3)C(=O)O[C@H]1c1ccc2c(c1)OCO2. The van der Waals surface area contributed by atoms with Crippen LogP contribution in [0.3, 0.4) is 0 Å². The Morgan fingerprint density at radius 3 is 2.40 bits per heavy atom. The van der Waals surface area contributed by atoms with Gasteiger partial charge in [0.05, 0.1) is 12.2 Å². The summed E-state index contributed by atoms with van der Waals surface area (Å²) in [6, 6.07) is 10.5. The van der Waals surface area contributed by atoms with E-state index >= 15 is 0 Å². The van der Waals surface area contributed by atoms with Crippen molar-refractivity contribution >= 4 is 18.0 Å². The minimum absolute atomic E-state index is 0.125. The van der Waals surface area contributed by atoms with Crippen LogP contribution in [0.25, 0.3) is 6.08 Å². The van der Waals surface area contributed by atoms with Crippen LogP contribution < -0.4 is 18.9 Å². The zero-order valence-electron chi connectivity index (χ0n) is 16.1. The Balaban J connectivity index is 1.53. The van der Waals surface area contributed by atoms with Crippen molar-refractivity contribution in [1.29, 1.82) is 0 Å². The Hall–Kier alpha value is -3.68. The lowest BCUT2D eigenvalue weighted by Crippen LogP contribution is -2.22. The van der Waals surface area contributed by atoms with Crippen LogP contribution >= 0.6 is 0 Å². The minimum atomic E-state index is -0.914. The Kier molecular flexibility index (Phi) is 4.46. The van der Waals surface area contributed by atoms with E-state index in [4.69, 9.17) is 28.4 Å². The number of ether oxygens (including phenoxy) is 6. The van der Waals surface area contributed by atoms with Gasteiger partial charge in [0, 0.05) is 0 Å². The number of carbonyl (C=O) groups is 2. The van der Waals surface area contributed by atoms with Gasteiger partial charge in [-0.15, -0.1) is 0 Å². The maximum atomic E-state index is 12.8. The van der Waals surface area contributed by atoms with Crippen molar-refractivity contribution in [2.24, 2.45) is 5.92 Å². The average molecular weight is 410 g/mol. The van der Waals surface area contributed by atoms with E-state index in [0.29, 0.717) is 34.1 Å². The second-order valence-corrected chi connectivity index (χ2v) is 6.88. The zero-order chi connectivity index (χ0) is 20.7. The van der Waals surface area contributed by atoms with E-state index < -0.39 is 24.0 Å². The molecule has 1 fully saturated rings. The maximum Gasteiger partial charge on any atom is 0.335 e. The standard InChI is InChI=1S/C22H18O8/c1-2-25-22(24)19-14(7-12-3-5-15-17(8-12)28-10-26-15)21(23)30-20(19)13-4-6-16-18(9-13)29-11-27-16/h3-9,19-20H,2,10-11H2,1H3/b14-7+/t19-,20-/m0/s1. The highest BCUT2D eigenvalue weighted by Crippen LogP contribution is 2.44. The summed E-state index contributed by atoms with van der Waals surface area (Å²) in [5.74, 6) is 0.336. The van der Waals surface area contributed by atoms with Gasteiger partial charge in [-0.1, -0.05) is 12.1 Å². The number of cyclic esters (lactones) is 1. The van der Waals surface area contributed by atoms with Gasteiger partial charge >= 0.3 is 11.9 Å². The molecule has 0 N–H and O–H groups in total. The molecule has 2 atom stereocenters. The van der Waals surface area contributed by atoms with Crippen LogP contribution in [0.5, 0.6) is 23.0 Å². The normalized spacial score (nSPS) is 22.3. The molecule has 0 saturated carbocycles. The Morgan fingerprint density at radius 2 is 1.67 bits per heavy atom. The maximum absolute atomic E-state index is 12.8. The summed E-state index contributed by atoms with van der Waals surface area (Å²) >= 11 is 0. The van der Waals surface area contributed by atoms with Crippen molar-refractivity contribution in [1.82, 2.24) is 0 Å². The molecule has 3 aliphatic rings. The van der Waals surface area contributed by atoms with Crippen molar-refractivity contribution in [3.05, 3.63) is 53.1 Å². The fraction of sp³-hybridized carbons (Fsp3) is 0.273. The van der Waals surface area contributed by atoms with Gasteiger partial charge in [0.2, 0.25) is 13.6 Å². The molecule has 0 aromatic heterocycles. The van der Waals surface area contributed by atoms with Crippen LogP contribution in [0.4, 0.5) is 0 Å². The first-order valence-corrected chi connectivity index (χ1v) is 9.52. The van der Waals surface area contributed by atoms with E-state index in [9.17, 15) is 9.59 Å². The number of rotatable bonds is 4. The molecule has 1 saturated heterocycles. The highest BCUT2D eigenvalue weighted by atomic mass is 16.7. The lowest BCUT2D eigenvalue weighted by Gasteiger charge is -2.17. The molecule has 30 heavy (non-hydrogen) atoms. The van der Waals surface area contributed by atoms with Gasteiger partial charge in [-0.2, -0.15) is 0 Å². The molecule has 8 nitrogen and oxygen atoms in total. The first-order chi connectivity index (χ1) is 14.6. The monoisotopic (exact) mass is 410 g/mol. The lowest BCUT2D eigenvalue weighted by atomic mass is 9.90. The first kappa shape index (κ1) is 18.4. The van der Waals surface area contributed by atoms with Gasteiger partial charge in [-0.25, -0.2) is 4.79 Å². The summed E-state index contributed by atoms with van der Waals surface area (Å²) in [5.41, 5.74) is 1.53. The van der Waals surface area contributed by atoms with Crippen LogP contribution in [0.2, 0.25) is 0 Å². The van der Waals surface area contributed by atoms with Gasteiger partial charge < -0.3 is 28.4 Å². The van der Waals surface area contributed by atoms with Crippen LogP contribution in [-0.2, 0) is 19.1 Å². The van der Waals surface area contributed by atoms with Crippen LogP contribution in [-0.4, -0.2) is 32.1 Å². The summed E-state index contributed by atoms with van der Waals surface area (Å²) < 4.78 is 32.3. The minimum Gasteiger partial charge on any atom is -0.465 e. The molecular weight excluding hydrogens is 392 g/mol. The van der Waals surface area contributed by atoms with E-state index in [1.54, 1.807) is 49.4 Å². The van der Waals surface area contributed by atoms with E-state index in [1.807, 2.05) is 0 Å². The fourth-order valence-corrected chi connectivity index (χ4v) is 3.71. The van der Waals surface area contributed by atoms with Gasteiger partial charge in [0.1, 0.15) is 12.0 Å². The van der Waals surface area contributed by atoms with Crippen LogP contribution in [0.15, 0.2) is 42.0 Å². The predicted molar refractivity (Wildman–Crippen MR) is 102 cm³/mol. The van der Waals surface area contributed by atoms with Crippen molar-refractivity contribution in [3.8, 4) is 23.0 Å². The average Bonchev–Trinajstić information content (AvgIpc) is 3.46. The summed E-state index contributed by atoms with van der Waals surface area (Å²) in [4.78, 5) is 25.5. The number of benzene rings is 2. The molecule has 3 heterocycles. The van der Waals surface area contributed by atoms with Crippen LogP contribution in [0.1, 0.15) is 24.2 Å². The van der Waals surface area contributed by atoms with Gasteiger partial charge in [-0.05, 0) is 48.4 Å². The number of esters is 2. The molecular formula is C22H18O8. The Labute approximate surface area is 171 Å². The lowest BCUT2D eigenvalue weighted by molar-refractivity contribution is -0.149. The van der Waals surface area contributed by atoms with E-state index in [0.717, 1.165) is 0 Å². The molecule has 8 heteroatoms. The molecule has 0 amide bonds. The number of fused-ring (bicyclic) bond motifs is 2. The van der Waals surface area contributed by atoms with E-state index in [-0.39, 0.29) is 25.8 Å². The van der Waals surface area contributed by atoms with Gasteiger partial charge in [0.15, 0.2) is 23.0 Å². The molecule has 0 aliphatic carbocycles. The largest absolute Gasteiger partial charge is 0.465 e. The summed E-state index contributed by atoms with van der Waals surface area (Å²) in [6.07, 6.45) is 0.796. The zero-order valence-corrected chi connectivity index (χ0v) is 16.1. The number of carbonyl (C=O) groups excluding carboxylic acids is 2. The molecule has 0 bridgehead atoms. The predicted octanol–water partition coefficient (Wildman–Crippen LogP) is 3.00. The molecule has 5 rings (SSSR count). The highest BCUT2D eigenvalue weighted by molar-refractivity contribution is 6.03. The second-order valence-electron chi connectivity index (χ2n) is 6.88.